The lowest BCUT2D eigenvalue weighted by molar-refractivity contribution is -0.114. The fourth-order valence-electron chi connectivity index (χ4n) is 1.71. The van der Waals surface area contributed by atoms with Crippen molar-refractivity contribution in [2.24, 2.45) is 0 Å². The summed E-state index contributed by atoms with van der Waals surface area (Å²) in [5, 5.41) is 2.58. The predicted molar refractivity (Wildman–Crippen MR) is 87.4 cm³/mol. The molecule has 1 amide bonds. The second-order valence-electron chi connectivity index (χ2n) is 4.26. The van der Waals surface area contributed by atoms with Crippen LogP contribution in [0.15, 0.2) is 34.5 Å². The quantitative estimate of drug-likeness (QED) is 0.857. The highest BCUT2D eigenvalue weighted by atomic mass is 35.5. The molecule has 22 heavy (non-hydrogen) atoms. The smallest absolute Gasteiger partial charge is 0.271 e. The Kier molecular flexibility index (Phi) is 4.94. The van der Waals surface area contributed by atoms with Gasteiger partial charge in [-0.05, 0) is 30.3 Å². The van der Waals surface area contributed by atoms with Crippen molar-refractivity contribution in [1.82, 2.24) is 0 Å². The number of anilines is 2. The van der Waals surface area contributed by atoms with E-state index >= 15 is 0 Å². The number of halogens is 1. The van der Waals surface area contributed by atoms with Gasteiger partial charge >= 0.3 is 0 Å². The van der Waals surface area contributed by atoms with Crippen LogP contribution in [0, 0.1) is 0 Å². The fraction of sp³-hybridized carbons (Fsp3) is 0.154. The van der Waals surface area contributed by atoms with Crippen LogP contribution in [0.2, 0.25) is 4.34 Å². The summed E-state index contributed by atoms with van der Waals surface area (Å²) in [6.07, 6.45) is 0. The highest BCUT2D eigenvalue weighted by Crippen LogP contribution is 2.32. The number of ether oxygens (including phenoxy) is 1. The molecule has 2 aromatic rings. The standard InChI is InChI=1S/C13H13ClN2O4S2/c1-8(17)15-9-3-4-11(20-2)10(7-9)16-22(18,19)13-6-5-12(14)21-13/h3-7,16H,1-2H3,(H,15,17). The molecule has 0 saturated carbocycles. The third-order valence-corrected chi connectivity index (χ3v) is 5.67. The first-order chi connectivity index (χ1) is 10.3. The van der Waals surface area contributed by atoms with Crippen LogP contribution in [0.5, 0.6) is 5.75 Å². The Hall–Kier alpha value is -1.77. The number of carbonyl (C=O) groups is 1. The summed E-state index contributed by atoms with van der Waals surface area (Å²) in [7, 11) is -2.36. The zero-order chi connectivity index (χ0) is 16.3. The molecule has 2 rings (SSSR count). The summed E-state index contributed by atoms with van der Waals surface area (Å²) in [5.74, 6) is 0.0735. The third kappa shape index (κ3) is 3.90. The number of rotatable bonds is 5. The minimum atomic E-state index is -3.78. The van der Waals surface area contributed by atoms with Gasteiger partial charge in [0, 0.05) is 12.6 Å². The van der Waals surface area contributed by atoms with Crippen LogP contribution in [-0.2, 0) is 14.8 Å². The van der Waals surface area contributed by atoms with Crippen LogP contribution >= 0.6 is 22.9 Å². The lowest BCUT2D eigenvalue weighted by Crippen LogP contribution is -2.13. The monoisotopic (exact) mass is 360 g/mol. The highest BCUT2D eigenvalue weighted by molar-refractivity contribution is 7.94. The van der Waals surface area contributed by atoms with E-state index in [1.807, 2.05) is 0 Å². The van der Waals surface area contributed by atoms with Gasteiger partial charge in [0.15, 0.2) is 0 Å². The van der Waals surface area contributed by atoms with Crippen molar-refractivity contribution >= 4 is 50.2 Å². The second-order valence-corrected chi connectivity index (χ2v) is 7.88. The lowest BCUT2D eigenvalue weighted by Gasteiger charge is -2.12. The number of hydrogen-bond acceptors (Lipinski definition) is 5. The highest BCUT2D eigenvalue weighted by Gasteiger charge is 2.19. The predicted octanol–water partition coefficient (Wildman–Crippen LogP) is 3.17. The molecule has 1 heterocycles. The molecule has 9 heteroatoms. The van der Waals surface area contributed by atoms with Crippen molar-refractivity contribution in [3.05, 3.63) is 34.7 Å². The number of sulfonamides is 1. The minimum absolute atomic E-state index is 0.0875. The van der Waals surface area contributed by atoms with Gasteiger partial charge in [0.2, 0.25) is 5.91 Å². The van der Waals surface area contributed by atoms with Crippen molar-refractivity contribution in [1.29, 1.82) is 0 Å². The van der Waals surface area contributed by atoms with Crippen LogP contribution in [0.1, 0.15) is 6.92 Å². The average Bonchev–Trinajstić information content (AvgIpc) is 2.85. The summed E-state index contributed by atoms with van der Waals surface area (Å²) in [4.78, 5) is 11.1. The molecule has 0 aliphatic heterocycles. The van der Waals surface area contributed by atoms with E-state index in [0.29, 0.717) is 15.8 Å². The van der Waals surface area contributed by atoms with E-state index in [9.17, 15) is 13.2 Å². The van der Waals surface area contributed by atoms with Crippen molar-refractivity contribution in [3.8, 4) is 5.75 Å². The Morgan fingerprint density at radius 2 is 2.00 bits per heavy atom. The van der Waals surface area contributed by atoms with Crippen molar-refractivity contribution < 1.29 is 17.9 Å². The first-order valence-corrected chi connectivity index (χ1v) is 8.73. The Morgan fingerprint density at radius 3 is 2.55 bits per heavy atom. The number of thiophene rings is 1. The second kappa shape index (κ2) is 6.55. The molecule has 0 saturated heterocycles. The first kappa shape index (κ1) is 16.6. The SMILES string of the molecule is COc1ccc(NC(C)=O)cc1NS(=O)(=O)c1ccc(Cl)s1. The van der Waals surface area contributed by atoms with Crippen LogP contribution in [0.25, 0.3) is 0 Å². The molecule has 0 radical (unpaired) electrons. The molecule has 1 aromatic heterocycles. The largest absolute Gasteiger partial charge is 0.495 e. The summed E-state index contributed by atoms with van der Waals surface area (Å²) < 4.78 is 32.6. The molecule has 0 aliphatic rings. The summed E-state index contributed by atoms with van der Waals surface area (Å²) in [6, 6.07) is 7.57. The molecule has 2 N–H and O–H groups in total. The van der Waals surface area contributed by atoms with Gasteiger partial charge in [-0.2, -0.15) is 0 Å². The molecular formula is C13H13ClN2O4S2. The number of amides is 1. The van der Waals surface area contributed by atoms with Crippen LogP contribution in [0.4, 0.5) is 11.4 Å². The number of hydrogen-bond donors (Lipinski definition) is 2. The number of benzene rings is 1. The normalized spacial score (nSPS) is 11.0. The summed E-state index contributed by atoms with van der Waals surface area (Å²) >= 11 is 6.71. The van der Waals surface area contributed by atoms with Gasteiger partial charge in [-0.15, -0.1) is 11.3 Å². The van der Waals surface area contributed by atoms with Crippen LogP contribution in [0.3, 0.4) is 0 Å². The minimum Gasteiger partial charge on any atom is -0.495 e. The average molecular weight is 361 g/mol. The molecule has 118 valence electrons. The Morgan fingerprint density at radius 1 is 1.27 bits per heavy atom. The van der Waals surface area contributed by atoms with E-state index in [-0.39, 0.29) is 15.8 Å². The number of nitrogens with one attached hydrogen (secondary N) is 2. The Bertz CT molecular complexity index is 802. The Balaban J connectivity index is 2.36. The molecule has 0 atom stereocenters. The lowest BCUT2D eigenvalue weighted by atomic mass is 10.2. The molecule has 0 aliphatic carbocycles. The van der Waals surface area contributed by atoms with E-state index in [1.165, 1.54) is 32.2 Å². The number of carbonyl (C=O) groups excluding carboxylic acids is 1. The first-order valence-electron chi connectivity index (χ1n) is 6.05. The van der Waals surface area contributed by atoms with E-state index in [4.69, 9.17) is 16.3 Å². The maximum atomic E-state index is 12.3. The summed E-state index contributed by atoms with van der Waals surface area (Å²) in [5.41, 5.74) is 0.675. The van der Waals surface area contributed by atoms with Crippen molar-refractivity contribution in [2.75, 3.05) is 17.1 Å². The zero-order valence-corrected chi connectivity index (χ0v) is 14.1. The maximum Gasteiger partial charge on any atom is 0.271 e. The van der Waals surface area contributed by atoms with Crippen molar-refractivity contribution in [2.45, 2.75) is 11.1 Å². The molecule has 0 bridgehead atoms. The molecular weight excluding hydrogens is 348 g/mol. The van der Waals surface area contributed by atoms with E-state index in [0.717, 1.165) is 11.3 Å². The molecule has 6 nitrogen and oxygen atoms in total. The van der Waals surface area contributed by atoms with Crippen LogP contribution in [-0.4, -0.2) is 21.4 Å². The van der Waals surface area contributed by atoms with E-state index < -0.39 is 10.0 Å². The van der Waals surface area contributed by atoms with Gasteiger partial charge in [-0.3, -0.25) is 9.52 Å². The van der Waals surface area contributed by atoms with Crippen LogP contribution < -0.4 is 14.8 Å². The van der Waals surface area contributed by atoms with Gasteiger partial charge < -0.3 is 10.1 Å². The van der Waals surface area contributed by atoms with E-state index in [2.05, 4.69) is 10.0 Å². The maximum absolute atomic E-state index is 12.3. The molecule has 1 aromatic carbocycles. The van der Waals surface area contributed by atoms with E-state index in [1.54, 1.807) is 12.1 Å². The van der Waals surface area contributed by atoms with Crippen molar-refractivity contribution in [3.63, 3.8) is 0 Å². The van der Waals surface area contributed by atoms with Gasteiger partial charge in [-0.25, -0.2) is 8.42 Å². The zero-order valence-electron chi connectivity index (χ0n) is 11.7. The fourth-order valence-corrected chi connectivity index (χ4v) is 4.25. The van der Waals surface area contributed by atoms with Gasteiger partial charge in [0.1, 0.15) is 9.96 Å². The third-order valence-electron chi connectivity index (χ3n) is 2.58. The topological polar surface area (TPSA) is 84.5 Å². The Labute approximate surface area is 137 Å². The van der Waals surface area contributed by atoms with Gasteiger partial charge in [-0.1, -0.05) is 11.6 Å². The molecule has 0 unspecified atom stereocenters. The summed E-state index contributed by atoms with van der Waals surface area (Å²) in [6.45, 7) is 1.36. The molecule has 0 fully saturated rings. The van der Waals surface area contributed by atoms with Gasteiger partial charge in [0.05, 0.1) is 17.1 Å². The van der Waals surface area contributed by atoms with Gasteiger partial charge in [0.25, 0.3) is 10.0 Å². The number of methoxy groups -OCH3 is 1. The molecule has 0 spiro atoms.